The van der Waals surface area contributed by atoms with Crippen LogP contribution in [0.15, 0.2) is 18.2 Å². The number of aromatic nitrogens is 2. The third-order valence-electron chi connectivity index (χ3n) is 4.06. The van der Waals surface area contributed by atoms with E-state index in [0.717, 1.165) is 24.7 Å². The second-order valence-corrected chi connectivity index (χ2v) is 6.39. The van der Waals surface area contributed by atoms with E-state index >= 15 is 0 Å². The van der Waals surface area contributed by atoms with Gasteiger partial charge >= 0.3 is 6.18 Å². The number of hydrogen-bond donors (Lipinski definition) is 1. The molecule has 0 unspecified atom stereocenters. The highest BCUT2D eigenvalue weighted by Gasteiger charge is 2.36. The van der Waals surface area contributed by atoms with E-state index in [2.05, 4.69) is 10.4 Å². The fourth-order valence-electron chi connectivity index (χ4n) is 2.65. The molecule has 0 saturated heterocycles. The number of rotatable bonds is 7. The Kier molecular flexibility index (Phi) is 6.44. The van der Waals surface area contributed by atoms with Gasteiger partial charge in [0.05, 0.1) is 23.5 Å². The average molecular weight is 390 g/mol. The molecule has 1 aromatic heterocycles. The van der Waals surface area contributed by atoms with Crippen LogP contribution < -0.4 is 10.1 Å². The van der Waals surface area contributed by atoms with E-state index in [-0.39, 0.29) is 0 Å². The van der Waals surface area contributed by atoms with Crippen molar-refractivity contribution in [3.63, 3.8) is 0 Å². The van der Waals surface area contributed by atoms with E-state index in [1.807, 2.05) is 18.5 Å². The Morgan fingerprint density at radius 1 is 1.31 bits per heavy atom. The first kappa shape index (κ1) is 20.4. The van der Waals surface area contributed by atoms with Gasteiger partial charge in [0.1, 0.15) is 11.8 Å². The molecular formula is C18H23ClF3N3O. The molecule has 144 valence electrons. The Morgan fingerprint density at radius 3 is 2.54 bits per heavy atom. The topological polar surface area (TPSA) is 39.1 Å². The van der Waals surface area contributed by atoms with Crippen LogP contribution >= 0.6 is 11.6 Å². The third-order valence-corrected chi connectivity index (χ3v) is 4.46. The molecule has 0 spiro atoms. The van der Waals surface area contributed by atoms with Crippen molar-refractivity contribution in [2.24, 2.45) is 0 Å². The highest BCUT2D eigenvalue weighted by atomic mass is 35.5. The number of ether oxygens (including phenoxy) is 1. The molecule has 4 nitrogen and oxygen atoms in total. The van der Waals surface area contributed by atoms with Gasteiger partial charge in [0, 0.05) is 23.9 Å². The van der Waals surface area contributed by atoms with Crippen LogP contribution in [-0.2, 0) is 13.0 Å². The van der Waals surface area contributed by atoms with Crippen molar-refractivity contribution in [1.29, 1.82) is 0 Å². The minimum atomic E-state index is -4.33. The van der Waals surface area contributed by atoms with Crippen molar-refractivity contribution in [3.05, 3.63) is 28.9 Å². The molecular weight excluding hydrogens is 367 g/mol. The van der Waals surface area contributed by atoms with Gasteiger partial charge in [-0.2, -0.15) is 18.3 Å². The van der Waals surface area contributed by atoms with Crippen molar-refractivity contribution < 1.29 is 17.9 Å². The quantitative estimate of drug-likeness (QED) is 0.675. The summed E-state index contributed by atoms with van der Waals surface area (Å²) >= 11 is 6.51. The van der Waals surface area contributed by atoms with Gasteiger partial charge in [-0.25, -0.2) is 0 Å². The molecule has 2 rings (SSSR count). The van der Waals surface area contributed by atoms with Gasteiger partial charge in [-0.3, -0.25) is 4.68 Å². The smallest absolute Gasteiger partial charge is 0.408 e. The average Bonchev–Trinajstić information content (AvgIpc) is 2.89. The zero-order valence-corrected chi connectivity index (χ0v) is 16.0. The van der Waals surface area contributed by atoms with Crippen molar-refractivity contribution in [3.8, 4) is 17.0 Å². The first-order valence-electron chi connectivity index (χ1n) is 8.49. The van der Waals surface area contributed by atoms with E-state index in [9.17, 15) is 13.2 Å². The zero-order chi connectivity index (χ0) is 19.5. The van der Waals surface area contributed by atoms with E-state index in [1.54, 1.807) is 18.2 Å². The number of anilines is 1. The minimum Gasteiger partial charge on any atom is -0.496 e. The van der Waals surface area contributed by atoms with Crippen LogP contribution in [-0.4, -0.2) is 29.1 Å². The van der Waals surface area contributed by atoms with Crippen LogP contribution in [0.2, 0.25) is 5.02 Å². The maximum atomic E-state index is 12.8. The number of nitrogens with one attached hydrogen (secondary N) is 1. The molecule has 2 aromatic rings. The molecule has 1 heterocycles. The number of alkyl halides is 3. The lowest BCUT2D eigenvalue weighted by atomic mass is 10.1. The van der Waals surface area contributed by atoms with E-state index in [0.29, 0.717) is 35.0 Å². The molecule has 0 saturated carbocycles. The summed E-state index contributed by atoms with van der Waals surface area (Å²) < 4.78 is 45.6. The predicted octanol–water partition coefficient (Wildman–Crippen LogP) is 5.55. The summed E-state index contributed by atoms with van der Waals surface area (Å²) in [7, 11) is 1.48. The number of methoxy groups -OCH3 is 1. The normalized spacial score (nSPS) is 12.9. The second-order valence-electron chi connectivity index (χ2n) is 6.01. The van der Waals surface area contributed by atoms with E-state index in [1.165, 1.54) is 7.11 Å². The molecule has 26 heavy (non-hydrogen) atoms. The molecule has 0 aliphatic carbocycles. The Hall–Kier alpha value is -1.89. The molecule has 0 aliphatic rings. The van der Waals surface area contributed by atoms with Crippen molar-refractivity contribution in [2.45, 2.75) is 52.4 Å². The van der Waals surface area contributed by atoms with Crippen LogP contribution in [0.3, 0.4) is 0 Å². The lowest BCUT2D eigenvalue weighted by Gasteiger charge is -2.19. The summed E-state index contributed by atoms with van der Waals surface area (Å²) in [5.74, 6) is 0.436. The summed E-state index contributed by atoms with van der Waals surface area (Å²) in [5, 5.41) is 7.53. The van der Waals surface area contributed by atoms with Crippen LogP contribution in [0.4, 0.5) is 18.9 Å². The fraction of sp³-hybridized carbons (Fsp3) is 0.500. The molecule has 1 aromatic carbocycles. The van der Waals surface area contributed by atoms with Crippen molar-refractivity contribution in [1.82, 2.24) is 9.78 Å². The second kappa shape index (κ2) is 8.20. The maximum absolute atomic E-state index is 12.8. The molecule has 0 amide bonds. The van der Waals surface area contributed by atoms with Crippen LogP contribution in [0.5, 0.6) is 5.75 Å². The minimum absolute atomic E-state index is 0.323. The van der Waals surface area contributed by atoms with Gasteiger partial charge in [-0.05, 0) is 31.9 Å². The number of halogens is 4. The van der Waals surface area contributed by atoms with Gasteiger partial charge in [-0.1, -0.05) is 25.4 Å². The fourth-order valence-corrected chi connectivity index (χ4v) is 3.03. The van der Waals surface area contributed by atoms with E-state index < -0.39 is 12.2 Å². The Labute approximate surface area is 156 Å². The molecule has 0 aliphatic heterocycles. The molecule has 1 N–H and O–H groups in total. The first-order chi connectivity index (χ1) is 12.2. The van der Waals surface area contributed by atoms with Gasteiger partial charge in [0.2, 0.25) is 0 Å². The van der Waals surface area contributed by atoms with Crippen molar-refractivity contribution >= 4 is 17.3 Å². The number of nitrogens with zero attached hydrogens (tertiary/aromatic N) is 2. The SMILES string of the molecule is CCCn1nc(CC)c(Cl)c1-c1ccc(N[C@H](C)C(F)(F)F)cc1OC. The Balaban J connectivity index is 2.47. The standard InChI is InChI=1S/C18H23ClF3N3O/c1-5-9-25-17(16(19)14(6-2)24-25)13-8-7-12(10-15(13)26-4)23-11(3)18(20,21)22/h7-8,10-11,23H,5-6,9H2,1-4H3/t11-/m1/s1. The van der Waals surface area contributed by atoms with Gasteiger partial charge in [-0.15, -0.1) is 0 Å². The third kappa shape index (κ3) is 4.26. The number of hydrogen-bond acceptors (Lipinski definition) is 3. The van der Waals surface area contributed by atoms with Crippen LogP contribution in [0.1, 0.15) is 32.9 Å². The monoisotopic (exact) mass is 389 g/mol. The Morgan fingerprint density at radius 2 is 2.00 bits per heavy atom. The summed E-state index contributed by atoms with van der Waals surface area (Å²) in [5.41, 5.74) is 2.52. The number of benzene rings is 1. The Bertz CT molecular complexity index is 759. The molecule has 1 atom stereocenters. The van der Waals surface area contributed by atoms with Crippen LogP contribution in [0.25, 0.3) is 11.3 Å². The summed E-state index contributed by atoms with van der Waals surface area (Å²) in [6.45, 7) is 5.76. The highest BCUT2D eigenvalue weighted by molar-refractivity contribution is 6.33. The zero-order valence-electron chi connectivity index (χ0n) is 15.2. The predicted molar refractivity (Wildman–Crippen MR) is 98.0 cm³/mol. The van der Waals surface area contributed by atoms with Crippen LogP contribution in [0, 0.1) is 0 Å². The van der Waals surface area contributed by atoms with Gasteiger partial charge < -0.3 is 10.1 Å². The summed E-state index contributed by atoms with van der Waals surface area (Å²) in [4.78, 5) is 0. The van der Waals surface area contributed by atoms with Gasteiger partial charge in [0.25, 0.3) is 0 Å². The molecule has 0 radical (unpaired) electrons. The van der Waals surface area contributed by atoms with Gasteiger partial charge in [0.15, 0.2) is 0 Å². The molecule has 8 heteroatoms. The highest BCUT2D eigenvalue weighted by Crippen LogP contribution is 2.39. The lowest BCUT2D eigenvalue weighted by molar-refractivity contribution is -0.138. The van der Waals surface area contributed by atoms with E-state index in [4.69, 9.17) is 16.3 Å². The summed E-state index contributed by atoms with van der Waals surface area (Å²) in [6.07, 6.45) is -2.77. The maximum Gasteiger partial charge on any atom is 0.408 e. The number of aryl methyl sites for hydroxylation is 2. The first-order valence-corrected chi connectivity index (χ1v) is 8.87. The van der Waals surface area contributed by atoms with Crippen molar-refractivity contribution in [2.75, 3.05) is 12.4 Å². The molecule has 0 fully saturated rings. The molecule has 0 bridgehead atoms. The summed E-state index contributed by atoms with van der Waals surface area (Å²) in [6, 6.07) is 3.17. The lowest BCUT2D eigenvalue weighted by Crippen LogP contribution is -2.33. The largest absolute Gasteiger partial charge is 0.496 e.